The first-order valence-electron chi connectivity index (χ1n) is 8.87. The lowest BCUT2D eigenvalue weighted by atomic mass is 10.1. The molecule has 3 aromatic rings. The second-order valence-corrected chi connectivity index (χ2v) is 7.09. The standard InChI is InChI=1S/C21H20ClNO4/c1-3-23(10-14-4-5-18-20(7-14)26-12-25-18)11-15-8-21(24)27-19-6-13(2)17(22)9-16(15)19/h4-9H,3,10-12H2,1-2H3. The first kappa shape index (κ1) is 17.9. The minimum atomic E-state index is -0.349. The number of fused-ring (bicyclic) bond motifs is 2. The van der Waals surface area contributed by atoms with Gasteiger partial charge in [-0.1, -0.05) is 24.6 Å². The summed E-state index contributed by atoms with van der Waals surface area (Å²) in [6.07, 6.45) is 0. The molecule has 0 amide bonds. The molecule has 0 spiro atoms. The van der Waals surface area contributed by atoms with Gasteiger partial charge in [-0.05, 0) is 54.4 Å². The maximum absolute atomic E-state index is 12.0. The Hall–Kier alpha value is -2.50. The van der Waals surface area contributed by atoms with Crippen LogP contribution < -0.4 is 15.1 Å². The summed E-state index contributed by atoms with van der Waals surface area (Å²) in [6, 6.07) is 11.2. The van der Waals surface area contributed by atoms with Crippen LogP contribution in [0.3, 0.4) is 0 Å². The number of hydrogen-bond acceptors (Lipinski definition) is 5. The Balaban J connectivity index is 1.63. The highest BCUT2D eigenvalue weighted by molar-refractivity contribution is 6.32. The summed E-state index contributed by atoms with van der Waals surface area (Å²) in [7, 11) is 0. The molecular formula is C21H20ClNO4. The third-order valence-electron chi connectivity index (χ3n) is 4.79. The zero-order valence-electron chi connectivity index (χ0n) is 15.3. The van der Waals surface area contributed by atoms with E-state index in [0.29, 0.717) is 17.2 Å². The molecule has 0 saturated carbocycles. The molecule has 0 N–H and O–H groups in total. The fourth-order valence-electron chi connectivity index (χ4n) is 3.30. The first-order chi connectivity index (χ1) is 13.0. The lowest BCUT2D eigenvalue weighted by Crippen LogP contribution is -2.23. The first-order valence-corrected chi connectivity index (χ1v) is 9.25. The van der Waals surface area contributed by atoms with Gasteiger partial charge in [0.1, 0.15) is 5.58 Å². The maximum Gasteiger partial charge on any atom is 0.336 e. The summed E-state index contributed by atoms with van der Waals surface area (Å²) in [6.45, 7) is 6.43. The fourth-order valence-corrected chi connectivity index (χ4v) is 3.46. The molecule has 140 valence electrons. The predicted octanol–water partition coefficient (Wildman–Crippen LogP) is 4.51. The SMILES string of the molecule is CCN(Cc1ccc2c(c1)OCO2)Cc1cc(=O)oc2cc(C)c(Cl)cc12. The summed E-state index contributed by atoms with van der Waals surface area (Å²) < 4.78 is 16.2. The van der Waals surface area contributed by atoms with E-state index >= 15 is 0 Å². The van der Waals surface area contributed by atoms with Gasteiger partial charge in [-0.3, -0.25) is 4.90 Å². The fraction of sp³-hybridized carbons (Fsp3) is 0.286. The molecule has 1 aliphatic rings. The van der Waals surface area contributed by atoms with Gasteiger partial charge in [0.15, 0.2) is 11.5 Å². The van der Waals surface area contributed by atoms with E-state index in [0.717, 1.165) is 46.7 Å². The second-order valence-electron chi connectivity index (χ2n) is 6.68. The number of hydrogen-bond donors (Lipinski definition) is 0. The quantitative estimate of drug-likeness (QED) is 0.605. The molecule has 2 aromatic carbocycles. The van der Waals surface area contributed by atoms with Crippen molar-refractivity contribution in [2.75, 3.05) is 13.3 Å². The van der Waals surface area contributed by atoms with E-state index in [2.05, 4.69) is 11.8 Å². The highest BCUT2D eigenvalue weighted by Crippen LogP contribution is 2.33. The lowest BCUT2D eigenvalue weighted by Gasteiger charge is -2.21. The van der Waals surface area contributed by atoms with Crippen molar-refractivity contribution in [3.05, 3.63) is 68.5 Å². The van der Waals surface area contributed by atoms with Crippen LogP contribution in [0.15, 0.2) is 45.6 Å². The van der Waals surface area contributed by atoms with Gasteiger partial charge in [0.2, 0.25) is 6.79 Å². The van der Waals surface area contributed by atoms with E-state index in [4.69, 9.17) is 25.5 Å². The van der Waals surface area contributed by atoms with Crippen molar-refractivity contribution >= 4 is 22.6 Å². The number of benzene rings is 2. The van der Waals surface area contributed by atoms with Crippen LogP contribution in [-0.4, -0.2) is 18.2 Å². The molecule has 2 heterocycles. The second kappa shape index (κ2) is 7.25. The van der Waals surface area contributed by atoms with Gasteiger partial charge in [-0.15, -0.1) is 0 Å². The minimum absolute atomic E-state index is 0.266. The topological polar surface area (TPSA) is 51.9 Å². The third kappa shape index (κ3) is 3.66. The molecule has 0 unspecified atom stereocenters. The van der Waals surface area contributed by atoms with Crippen LogP contribution in [0.5, 0.6) is 11.5 Å². The Labute approximate surface area is 162 Å². The van der Waals surface area contributed by atoms with Gasteiger partial charge in [-0.2, -0.15) is 0 Å². The van der Waals surface area contributed by atoms with Gasteiger partial charge < -0.3 is 13.9 Å². The highest BCUT2D eigenvalue weighted by Gasteiger charge is 2.16. The van der Waals surface area contributed by atoms with Gasteiger partial charge >= 0.3 is 5.63 Å². The largest absolute Gasteiger partial charge is 0.454 e. The lowest BCUT2D eigenvalue weighted by molar-refractivity contribution is 0.174. The van der Waals surface area contributed by atoms with Crippen LogP contribution in [-0.2, 0) is 13.1 Å². The third-order valence-corrected chi connectivity index (χ3v) is 5.20. The monoisotopic (exact) mass is 385 g/mol. The molecule has 0 aliphatic carbocycles. The van der Waals surface area contributed by atoms with Crippen LogP contribution in [0.2, 0.25) is 5.02 Å². The van der Waals surface area contributed by atoms with E-state index in [-0.39, 0.29) is 12.4 Å². The van der Waals surface area contributed by atoms with E-state index in [1.165, 1.54) is 0 Å². The Morgan fingerprint density at radius 1 is 1.07 bits per heavy atom. The van der Waals surface area contributed by atoms with E-state index in [9.17, 15) is 4.79 Å². The molecule has 0 saturated heterocycles. The molecule has 5 nitrogen and oxygen atoms in total. The molecule has 1 aromatic heterocycles. The average molecular weight is 386 g/mol. The minimum Gasteiger partial charge on any atom is -0.454 e. The van der Waals surface area contributed by atoms with Crippen molar-refractivity contribution in [3.63, 3.8) is 0 Å². The molecule has 6 heteroatoms. The molecule has 4 rings (SSSR count). The van der Waals surface area contributed by atoms with Crippen molar-refractivity contribution < 1.29 is 13.9 Å². The maximum atomic E-state index is 12.0. The number of nitrogens with zero attached hydrogens (tertiary/aromatic N) is 1. The smallest absolute Gasteiger partial charge is 0.336 e. The molecule has 0 radical (unpaired) electrons. The van der Waals surface area contributed by atoms with Crippen LogP contribution in [0.1, 0.15) is 23.6 Å². The van der Waals surface area contributed by atoms with Crippen molar-refractivity contribution in [1.82, 2.24) is 4.90 Å². The van der Waals surface area contributed by atoms with E-state index < -0.39 is 0 Å². The average Bonchev–Trinajstić information content (AvgIpc) is 3.10. The van der Waals surface area contributed by atoms with Gasteiger partial charge in [-0.25, -0.2) is 4.79 Å². The molecular weight excluding hydrogens is 366 g/mol. The molecule has 1 aliphatic heterocycles. The highest BCUT2D eigenvalue weighted by atomic mass is 35.5. The summed E-state index contributed by atoms with van der Waals surface area (Å²) in [5.41, 5.74) is 3.14. The van der Waals surface area contributed by atoms with Gasteiger partial charge in [0.25, 0.3) is 0 Å². The Kier molecular flexibility index (Phi) is 4.81. The summed E-state index contributed by atoms with van der Waals surface area (Å²) in [5.74, 6) is 1.55. The zero-order chi connectivity index (χ0) is 19.0. The van der Waals surface area contributed by atoms with Crippen molar-refractivity contribution in [2.45, 2.75) is 26.9 Å². The Morgan fingerprint density at radius 3 is 2.70 bits per heavy atom. The van der Waals surface area contributed by atoms with Crippen LogP contribution in [0.25, 0.3) is 11.0 Å². The number of halogens is 1. The summed E-state index contributed by atoms with van der Waals surface area (Å²) >= 11 is 6.29. The molecule has 0 fully saturated rings. The Bertz CT molecular complexity index is 1060. The van der Waals surface area contributed by atoms with E-state index in [1.54, 1.807) is 6.07 Å². The van der Waals surface area contributed by atoms with Crippen LogP contribution >= 0.6 is 11.6 Å². The van der Waals surface area contributed by atoms with Crippen molar-refractivity contribution in [3.8, 4) is 11.5 Å². The van der Waals surface area contributed by atoms with Crippen LogP contribution in [0, 0.1) is 6.92 Å². The van der Waals surface area contributed by atoms with E-state index in [1.807, 2.05) is 37.3 Å². The summed E-state index contributed by atoms with van der Waals surface area (Å²) in [5, 5.41) is 1.53. The predicted molar refractivity (Wildman–Crippen MR) is 105 cm³/mol. The molecule has 0 bridgehead atoms. The molecule has 0 atom stereocenters. The number of ether oxygens (including phenoxy) is 2. The number of rotatable bonds is 5. The Morgan fingerprint density at radius 2 is 1.89 bits per heavy atom. The van der Waals surface area contributed by atoms with Crippen molar-refractivity contribution in [1.29, 1.82) is 0 Å². The van der Waals surface area contributed by atoms with Gasteiger partial charge in [0, 0.05) is 29.6 Å². The zero-order valence-corrected chi connectivity index (χ0v) is 16.0. The van der Waals surface area contributed by atoms with Crippen LogP contribution in [0.4, 0.5) is 0 Å². The normalized spacial score (nSPS) is 12.9. The van der Waals surface area contributed by atoms with Gasteiger partial charge in [0.05, 0.1) is 0 Å². The summed E-state index contributed by atoms with van der Waals surface area (Å²) in [4.78, 5) is 14.3. The molecule has 27 heavy (non-hydrogen) atoms. The van der Waals surface area contributed by atoms with Crippen molar-refractivity contribution in [2.24, 2.45) is 0 Å². The number of aryl methyl sites for hydroxylation is 1.